The van der Waals surface area contributed by atoms with E-state index in [2.05, 4.69) is 4.90 Å². The summed E-state index contributed by atoms with van der Waals surface area (Å²) in [5, 5.41) is 9.54. The van der Waals surface area contributed by atoms with Crippen molar-refractivity contribution in [2.24, 2.45) is 5.92 Å². The predicted molar refractivity (Wildman–Crippen MR) is 119 cm³/mol. The molecule has 1 fully saturated rings. The van der Waals surface area contributed by atoms with Crippen molar-refractivity contribution in [3.63, 3.8) is 0 Å². The van der Waals surface area contributed by atoms with Crippen molar-refractivity contribution >= 4 is 35.7 Å². The number of hydrogen-bond acceptors (Lipinski definition) is 5. The molecule has 0 aromatic heterocycles. The van der Waals surface area contributed by atoms with Crippen LogP contribution in [0.2, 0.25) is 5.02 Å². The van der Waals surface area contributed by atoms with Crippen LogP contribution in [0.15, 0.2) is 30.3 Å². The summed E-state index contributed by atoms with van der Waals surface area (Å²) in [6, 6.07) is 8.43. The number of likely N-dealkylation sites (tertiary alicyclic amines) is 1. The number of nitrogens with two attached hydrogens (primary N) is 1. The van der Waals surface area contributed by atoms with E-state index in [1.807, 2.05) is 12.1 Å². The Morgan fingerprint density at radius 2 is 1.90 bits per heavy atom. The molecule has 6 nitrogen and oxygen atoms in total. The molecule has 1 unspecified atom stereocenters. The minimum Gasteiger partial charge on any atom is -0.485 e. The highest BCUT2D eigenvalue weighted by Crippen LogP contribution is 2.45. The second kappa shape index (κ2) is 9.94. The highest BCUT2D eigenvalue weighted by atomic mass is 35.5. The number of halogens is 3. The van der Waals surface area contributed by atoms with Gasteiger partial charge in [-0.1, -0.05) is 23.7 Å². The summed E-state index contributed by atoms with van der Waals surface area (Å²) < 4.78 is 24.4. The van der Waals surface area contributed by atoms with Gasteiger partial charge in [0.15, 0.2) is 11.5 Å². The molecular weight excluding hydrogens is 446 g/mol. The first-order valence-corrected chi connectivity index (χ1v) is 10.4. The predicted octanol–water partition coefficient (Wildman–Crippen LogP) is 4.16. The Bertz CT molecular complexity index is 934. The smallest absolute Gasteiger partial charge is 0.348 e. The van der Waals surface area contributed by atoms with Crippen LogP contribution in [0, 0.1) is 11.7 Å². The van der Waals surface area contributed by atoms with Crippen molar-refractivity contribution in [3.05, 3.63) is 52.3 Å². The molecule has 2 aliphatic heterocycles. The number of benzene rings is 2. The van der Waals surface area contributed by atoms with Crippen molar-refractivity contribution in [1.82, 2.24) is 4.90 Å². The first-order valence-electron chi connectivity index (χ1n) is 10.0. The fraction of sp³-hybridized carbons (Fsp3) is 0.409. The van der Waals surface area contributed by atoms with Gasteiger partial charge in [0, 0.05) is 6.54 Å². The Hall–Kier alpha value is -2.22. The summed E-state index contributed by atoms with van der Waals surface area (Å²) in [5.41, 5.74) is 8.21. The molecule has 2 heterocycles. The molecule has 4 rings (SSSR count). The monoisotopic (exact) mass is 470 g/mol. The van der Waals surface area contributed by atoms with Crippen LogP contribution in [0.5, 0.6) is 11.5 Å². The van der Waals surface area contributed by atoms with Crippen LogP contribution in [-0.2, 0) is 17.8 Å². The zero-order valence-corrected chi connectivity index (χ0v) is 18.4. The molecule has 0 aliphatic carbocycles. The molecule has 31 heavy (non-hydrogen) atoms. The number of hydrogen-bond donors (Lipinski definition) is 2. The minimum absolute atomic E-state index is 0. The number of carboxylic acid groups (broad SMARTS) is 1. The number of carbonyl (C=O) groups is 1. The maximum absolute atomic E-state index is 13.1. The Morgan fingerprint density at radius 1 is 1.23 bits per heavy atom. The Labute approximate surface area is 191 Å². The van der Waals surface area contributed by atoms with Gasteiger partial charge in [0.1, 0.15) is 12.4 Å². The fourth-order valence-corrected chi connectivity index (χ4v) is 4.28. The van der Waals surface area contributed by atoms with E-state index in [-0.39, 0.29) is 36.3 Å². The SMILES string of the molecule is Cl.Nc1c(Cl)cc(CC2CCN(Cc3ccc(F)cc3)CC2)c2c1OC(C(=O)O)CO2. The third-order valence-electron chi connectivity index (χ3n) is 5.75. The van der Waals surface area contributed by atoms with Gasteiger partial charge in [-0.15, -0.1) is 12.4 Å². The van der Waals surface area contributed by atoms with Crippen LogP contribution in [0.3, 0.4) is 0 Å². The van der Waals surface area contributed by atoms with Gasteiger partial charge in [-0.25, -0.2) is 9.18 Å². The molecule has 2 aliphatic rings. The number of rotatable bonds is 5. The average Bonchev–Trinajstić information content (AvgIpc) is 2.74. The van der Waals surface area contributed by atoms with Crippen molar-refractivity contribution in [2.75, 3.05) is 25.4 Å². The third-order valence-corrected chi connectivity index (χ3v) is 6.06. The number of fused-ring (bicyclic) bond motifs is 1. The van der Waals surface area contributed by atoms with Gasteiger partial charge in [-0.3, -0.25) is 4.90 Å². The quantitative estimate of drug-likeness (QED) is 0.638. The third kappa shape index (κ3) is 5.34. The maximum Gasteiger partial charge on any atom is 0.348 e. The lowest BCUT2D eigenvalue weighted by atomic mass is 9.89. The summed E-state index contributed by atoms with van der Waals surface area (Å²) >= 11 is 6.28. The summed E-state index contributed by atoms with van der Waals surface area (Å²) in [7, 11) is 0. The molecule has 0 bridgehead atoms. The molecule has 3 N–H and O–H groups in total. The summed E-state index contributed by atoms with van der Waals surface area (Å²) in [6.07, 6.45) is 1.68. The van der Waals surface area contributed by atoms with Crippen LogP contribution in [0.25, 0.3) is 0 Å². The van der Waals surface area contributed by atoms with Crippen molar-refractivity contribution in [2.45, 2.75) is 31.9 Å². The molecule has 2 aromatic rings. The van der Waals surface area contributed by atoms with Gasteiger partial charge >= 0.3 is 5.97 Å². The molecule has 0 saturated carbocycles. The lowest BCUT2D eigenvalue weighted by Crippen LogP contribution is -2.37. The van der Waals surface area contributed by atoms with Gasteiger partial charge in [-0.2, -0.15) is 0 Å². The minimum atomic E-state index is -1.10. The first-order chi connectivity index (χ1) is 14.4. The van der Waals surface area contributed by atoms with Crippen molar-refractivity contribution < 1.29 is 23.8 Å². The van der Waals surface area contributed by atoms with Crippen LogP contribution in [0.4, 0.5) is 10.1 Å². The molecule has 1 atom stereocenters. The fourth-order valence-electron chi connectivity index (χ4n) is 4.06. The van der Waals surface area contributed by atoms with Gasteiger partial charge < -0.3 is 20.3 Å². The lowest BCUT2D eigenvalue weighted by molar-refractivity contribution is -0.147. The lowest BCUT2D eigenvalue weighted by Gasteiger charge is -2.33. The second-order valence-electron chi connectivity index (χ2n) is 7.90. The number of aliphatic carboxylic acids is 1. The number of nitrogens with zero attached hydrogens (tertiary/aromatic N) is 1. The van der Waals surface area contributed by atoms with E-state index >= 15 is 0 Å². The van der Waals surface area contributed by atoms with Crippen LogP contribution in [-0.4, -0.2) is 41.8 Å². The highest BCUT2D eigenvalue weighted by molar-refractivity contribution is 6.33. The number of nitrogen functional groups attached to an aromatic ring is 1. The number of anilines is 1. The Balaban J connectivity index is 0.00000272. The maximum atomic E-state index is 13.1. The molecule has 2 aromatic carbocycles. The number of carboxylic acids is 1. The van der Waals surface area contributed by atoms with Gasteiger partial charge in [0.25, 0.3) is 0 Å². The number of ether oxygens (including phenoxy) is 2. The van der Waals surface area contributed by atoms with E-state index in [0.717, 1.165) is 50.0 Å². The van der Waals surface area contributed by atoms with Gasteiger partial charge in [-0.05, 0) is 67.6 Å². The van der Waals surface area contributed by atoms with Crippen molar-refractivity contribution in [3.8, 4) is 11.5 Å². The van der Waals surface area contributed by atoms with Gasteiger partial charge in [0.05, 0.1) is 10.7 Å². The Kier molecular flexibility index (Phi) is 7.51. The van der Waals surface area contributed by atoms with Crippen LogP contribution in [0.1, 0.15) is 24.0 Å². The molecule has 0 spiro atoms. The molecular formula is C22H25Cl2FN2O4. The molecule has 0 radical (unpaired) electrons. The largest absolute Gasteiger partial charge is 0.485 e. The van der Waals surface area contributed by atoms with E-state index < -0.39 is 12.1 Å². The van der Waals surface area contributed by atoms with Crippen LogP contribution < -0.4 is 15.2 Å². The van der Waals surface area contributed by atoms with E-state index in [4.69, 9.17) is 26.8 Å². The molecule has 9 heteroatoms. The molecule has 168 valence electrons. The number of piperidine rings is 1. The van der Waals surface area contributed by atoms with Crippen LogP contribution >= 0.6 is 24.0 Å². The average molecular weight is 471 g/mol. The molecule has 1 saturated heterocycles. The standard InChI is InChI=1S/C22H24ClFN2O4.ClH/c23-17-10-15(20-21(19(17)25)30-18(12-29-20)22(27)28)9-13-5-7-26(8-6-13)11-14-1-3-16(24)4-2-14;/h1-4,10,13,18H,5-9,11-12,25H2,(H,27,28);1H. The van der Waals surface area contributed by atoms with E-state index in [1.54, 1.807) is 6.07 Å². The summed E-state index contributed by atoms with van der Waals surface area (Å²) in [6.45, 7) is 2.65. The highest BCUT2D eigenvalue weighted by Gasteiger charge is 2.32. The first kappa shape index (κ1) is 23.4. The van der Waals surface area contributed by atoms with E-state index in [9.17, 15) is 14.3 Å². The molecule has 0 amide bonds. The summed E-state index contributed by atoms with van der Waals surface area (Å²) in [5.74, 6) is -0.147. The summed E-state index contributed by atoms with van der Waals surface area (Å²) in [4.78, 5) is 13.6. The normalized spacial score (nSPS) is 19.0. The second-order valence-corrected chi connectivity index (χ2v) is 8.30. The zero-order valence-electron chi connectivity index (χ0n) is 16.9. The van der Waals surface area contributed by atoms with E-state index in [0.29, 0.717) is 16.7 Å². The topological polar surface area (TPSA) is 85.0 Å². The zero-order chi connectivity index (χ0) is 21.3. The van der Waals surface area contributed by atoms with Gasteiger partial charge in [0.2, 0.25) is 6.10 Å². The van der Waals surface area contributed by atoms with E-state index in [1.165, 1.54) is 12.1 Å². The van der Waals surface area contributed by atoms with Crippen molar-refractivity contribution in [1.29, 1.82) is 0 Å². The Morgan fingerprint density at radius 3 is 2.55 bits per heavy atom.